The van der Waals surface area contributed by atoms with Crippen LogP contribution in [0.15, 0.2) is 60.7 Å². The molecule has 2 aromatic rings. The molecule has 196 valence electrons. The van der Waals surface area contributed by atoms with E-state index < -0.39 is 12.6 Å². The van der Waals surface area contributed by atoms with Gasteiger partial charge in [-0.25, -0.2) is 4.79 Å². The molecule has 0 aromatic heterocycles. The van der Waals surface area contributed by atoms with Gasteiger partial charge in [0.2, 0.25) is 0 Å². The molecular weight excluding hydrogens is 456 g/mol. The topological polar surface area (TPSA) is 104 Å². The molecular formula is C30H40O6. The Balaban J connectivity index is 0.000000678. The molecule has 6 nitrogen and oxygen atoms in total. The van der Waals surface area contributed by atoms with Crippen LogP contribution >= 0.6 is 0 Å². The van der Waals surface area contributed by atoms with Crippen LogP contribution in [0, 0.1) is 5.92 Å². The van der Waals surface area contributed by atoms with Gasteiger partial charge in [-0.15, -0.1) is 0 Å². The molecule has 0 radical (unpaired) electrons. The van der Waals surface area contributed by atoms with Crippen LogP contribution < -0.4 is 0 Å². The molecule has 1 aliphatic carbocycles. The van der Waals surface area contributed by atoms with Crippen molar-refractivity contribution in [2.24, 2.45) is 5.92 Å². The summed E-state index contributed by atoms with van der Waals surface area (Å²) < 4.78 is 5.18. The van der Waals surface area contributed by atoms with Crippen LogP contribution in [0.1, 0.15) is 68.4 Å². The van der Waals surface area contributed by atoms with Crippen molar-refractivity contribution < 1.29 is 29.6 Å². The zero-order valence-corrected chi connectivity index (χ0v) is 21.3. The molecule has 3 rings (SSSR count). The summed E-state index contributed by atoms with van der Waals surface area (Å²) in [5.41, 5.74) is 2.59. The van der Waals surface area contributed by atoms with E-state index in [1.807, 2.05) is 6.07 Å². The number of benzene rings is 2. The van der Waals surface area contributed by atoms with Crippen molar-refractivity contribution in [1.29, 1.82) is 0 Å². The molecule has 1 saturated carbocycles. The zero-order chi connectivity index (χ0) is 26.5. The average molecular weight is 497 g/mol. The SMILES string of the molecule is C=C(C=O)CO.C=C(CO)C(=O)OCC(CO)c1ccc2cc(C3CCC(CCC)CC3)ccc2c1. The van der Waals surface area contributed by atoms with Crippen LogP contribution in [0.2, 0.25) is 0 Å². The maximum atomic E-state index is 11.7. The molecule has 1 fully saturated rings. The van der Waals surface area contributed by atoms with Crippen molar-refractivity contribution in [3.8, 4) is 0 Å². The number of fused-ring (bicyclic) bond motifs is 1. The largest absolute Gasteiger partial charge is 0.462 e. The number of rotatable bonds is 11. The summed E-state index contributed by atoms with van der Waals surface area (Å²) >= 11 is 0. The van der Waals surface area contributed by atoms with Crippen LogP contribution in [-0.4, -0.2) is 54.0 Å². The number of ether oxygens (including phenoxy) is 1. The lowest BCUT2D eigenvalue weighted by molar-refractivity contribution is -0.140. The molecule has 1 aliphatic rings. The highest BCUT2D eigenvalue weighted by Gasteiger charge is 2.22. The number of aldehydes is 1. The number of aliphatic hydroxyl groups is 3. The minimum atomic E-state index is -0.630. The molecule has 0 saturated heterocycles. The monoisotopic (exact) mass is 496 g/mol. The Morgan fingerprint density at radius 2 is 1.69 bits per heavy atom. The van der Waals surface area contributed by atoms with Gasteiger partial charge in [-0.05, 0) is 59.4 Å². The Labute approximate surface area is 214 Å². The fourth-order valence-corrected chi connectivity index (χ4v) is 4.62. The second-order valence-electron chi connectivity index (χ2n) is 9.55. The number of esters is 1. The maximum Gasteiger partial charge on any atom is 0.335 e. The minimum Gasteiger partial charge on any atom is -0.462 e. The molecule has 6 heteroatoms. The van der Waals surface area contributed by atoms with E-state index in [1.165, 1.54) is 49.5 Å². The molecule has 0 spiro atoms. The number of carbonyl (C=O) groups is 2. The first-order valence-electron chi connectivity index (χ1n) is 12.7. The second kappa shape index (κ2) is 15.3. The van der Waals surface area contributed by atoms with Gasteiger partial charge in [0, 0.05) is 11.5 Å². The molecule has 0 aliphatic heterocycles. The van der Waals surface area contributed by atoms with Gasteiger partial charge in [-0.3, -0.25) is 4.79 Å². The van der Waals surface area contributed by atoms with Gasteiger partial charge in [-0.1, -0.05) is 69.3 Å². The smallest absolute Gasteiger partial charge is 0.335 e. The predicted molar refractivity (Wildman–Crippen MR) is 143 cm³/mol. The van der Waals surface area contributed by atoms with E-state index in [0.29, 0.717) is 12.2 Å². The van der Waals surface area contributed by atoms with E-state index in [2.05, 4.69) is 50.4 Å². The van der Waals surface area contributed by atoms with Gasteiger partial charge in [0.25, 0.3) is 0 Å². The number of aliphatic hydroxyl groups excluding tert-OH is 3. The first kappa shape index (κ1) is 29.4. The van der Waals surface area contributed by atoms with Crippen molar-refractivity contribution in [2.75, 3.05) is 26.4 Å². The van der Waals surface area contributed by atoms with Crippen molar-refractivity contribution in [1.82, 2.24) is 0 Å². The van der Waals surface area contributed by atoms with E-state index in [-0.39, 0.29) is 36.9 Å². The lowest BCUT2D eigenvalue weighted by Gasteiger charge is -2.28. The third-order valence-corrected chi connectivity index (χ3v) is 6.86. The number of carbonyl (C=O) groups excluding carboxylic acids is 2. The highest BCUT2D eigenvalue weighted by atomic mass is 16.5. The highest BCUT2D eigenvalue weighted by Crippen LogP contribution is 2.38. The number of hydrogen-bond donors (Lipinski definition) is 3. The van der Waals surface area contributed by atoms with E-state index in [1.54, 1.807) is 0 Å². The Morgan fingerprint density at radius 1 is 1.03 bits per heavy atom. The molecule has 2 aromatic carbocycles. The van der Waals surface area contributed by atoms with E-state index in [0.717, 1.165) is 16.9 Å². The van der Waals surface area contributed by atoms with Crippen molar-refractivity contribution >= 4 is 23.0 Å². The summed E-state index contributed by atoms with van der Waals surface area (Å²) in [6.07, 6.45) is 8.43. The van der Waals surface area contributed by atoms with E-state index >= 15 is 0 Å². The van der Waals surface area contributed by atoms with Crippen LogP contribution in [0.25, 0.3) is 10.8 Å². The van der Waals surface area contributed by atoms with Gasteiger partial charge >= 0.3 is 5.97 Å². The fraction of sp³-hybridized carbons (Fsp3) is 0.467. The van der Waals surface area contributed by atoms with Gasteiger partial charge in [0.1, 0.15) is 12.9 Å². The van der Waals surface area contributed by atoms with Crippen molar-refractivity contribution in [3.63, 3.8) is 0 Å². The molecule has 36 heavy (non-hydrogen) atoms. The molecule has 0 heterocycles. The summed E-state index contributed by atoms with van der Waals surface area (Å²) in [7, 11) is 0. The average Bonchev–Trinajstić information content (AvgIpc) is 2.92. The van der Waals surface area contributed by atoms with Crippen LogP contribution in [0.4, 0.5) is 0 Å². The Hall–Kier alpha value is -2.80. The molecule has 1 unspecified atom stereocenters. The predicted octanol–water partition coefficient (Wildman–Crippen LogP) is 4.82. The Kier molecular flexibility index (Phi) is 12.5. The van der Waals surface area contributed by atoms with Crippen LogP contribution in [0.5, 0.6) is 0 Å². The summed E-state index contributed by atoms with van der Waals surface area (Å²) in [5.74, 6) is 0.633. The van der Waals surface area contributed by atoms with E-state index in [4.69, 9.17) is 14.9 Å². The highest BCUT2D eigenvalue weighted by molar-refractivity contribution is 5.88. The fourth-order valence-electron chi connectivity index (χ4n) is 4.62. The van der Waals surface area contributed by atoms with Gasteiger partial charge in [0.05, 0.1) is 25.4 Å². The molecule has 3 N–H and O–H groups in total. The van der Waals surface area contributed by atoms with Crippen LogP contribution in [0.3, 0.4) is 0 Å². The first-order valence-corrected chi connectivity index (χ1v) is 12.7. The quantitative estimate of drug-likeness (QED) is 0.234. The number of hydrogen-bond acceptors (Lipinski definition) is 6. The molecule has 0 amide bonds. The minimum absolute atomic E-state index is 0.0152. The van der Waals surface area contributed by atoms with Gasteiger partial charge < -0.3 is 20.1 Å². The van der Waals surface area contributed by atoms with Gasteiger partial charge in [0.15, 0.2) is 0 Å². The summed E-state index contributed by atoms with van der Waals surface area (Å²) in [6, 6.07) is 12.9. The van der Waals surface area contributed by atoms with Crippen LogP contribution in [-0.2, 0) is 14.3 Å². The van der Waals surface area contributed by atoms with Gasteiger partial charge in [-0.2, -0.15) is 0 Å². The molecule has 1 atom stereocenters. The second-order valence-corrected chi connectivity index (χ2v) is 9.55. The normalized spacial score (nSPS) is 18.0. The third-order valence-electron chi connectivity index (χ3n) is 6.86. The lowest BCUT2D eigenvalue weighted by atomic mass is 9.77. The van der Waals surface area contributed by atoms with Crippen molar-refractivity contribution in [2.45, 2.75) is 57.3 Å². The summed E-state index contributed by atoms with van der Waals surface area (Å²) in [4.78, 5) is 21.2. The summed E-state index contributed by atoms with van der Waals surface area (Å²) in [6.45, 7) is 8.19. The Bertz CT molecular complexity index is 1020. The summed E-state index contributed by atoms with van der Waals surface area (Å²) in [5, 5.41) is 29.1. The van der Waals surface area contributed by atoms with Crippen molar-refractivity contribution in [3.05, 3.63) is 71.8 Å². The molecule has 0 bridgehead atoms. The van der Waals surface area contributed by atoms with E-state index in [9.17, 15) is 14.7 Å². The first-order chi connectivity index (χ1) is 17.4. The third kappa shape index (κ3) is 8.70. The lowest BCUT2D eigenvalue weighted by Crippen LogP contribution is -2.17. The zero-order valence-electron chi connectivity index (χ0n) is 21.3. The maximum absolute atomic E-state index is 11.7. The Morgan fingerprint density at radius 3 is 2.25 bits per heavy atom. The standard InChI is InChI=1S/C26H34O4.C4H6O2/c1-3-4-19-5-7-20(8-6-19)21-9-10-23-14-24(12-11-22(23)13-21)25(16-28)17-30-26(29)18(2)15-27;1-4(2-5)3-6/h9-14,19-20,25,27-28H,2-8,15-17H2,1H3;2,6H,1,3H2.